The molecular weight excluding hydrogens is 586 g/mol. The number of unbranched alkanes of at least 4 members (excludes halogenated alkanes) is 21. The molecule has 0 saturated carbocycles. The molecule has 0 aromatic heterocycles. The summed E-state index contributed by atoms with van der Waals surface area (Å²) in [6.07, 6.45) is 39.9. The van der Waals surface area contributed by atoms with E-state index in [1.165, 1.54) is 96.3 Å². The van der Waals surface area contributed by atoms with Crippen molar-refractivity contribution in [1.29, 1.82) is 0 Å². The van der Waals surface area contributed by atoms with Crippen LogP contribution in [0.3, 0.4) is 0 Å². The largest absolute Gasteiger partial charge is 0.466 e. The van der Waals surface area contributed by atoms with Crippen LogP contribution in [0.5, 0.6) is 0 Å². The monoisotopic (exact) mass is 664 g/mol. The normalized spacial score (nSPS) is 13.0. The zero-order valence-electron chi connectivity index (χ0n) is 31.0. The van der Waals surface area contributed by atoms with Crippen LogP contribution in [-0.2, 0) is 14.3 Å². The van der Waals surface area contributed by atoms with Gasteiger partial charge in [-0.3, -0.25) is 9.59 Å². The van der Waals surface area contributed by atoms with Gasteiger partial charge in [0.2, 0.25) is 5.91 Å². The summed E-state index contributed by atoms with van der Waals surface area (Å²) in [4.78, 5) is 24.2. The SMILES string of the molecule is CCCC/C=C\CCCCCCCC(=O)OCCCCCC/C=C\CCCC(=O)NC(CO)C(O)CCCCCCCCCCCC. The van der Waals surface area contributed by atoms with Crippen molar-refractivity contribution in [2.45, 2.75) is 212 Å². The number of hydrogen-bond acceptors (Lipinski definition) is 5. The van der Waals surface area contributed by atoms with Crippen molar-refractivity contribution in [3.8, 4) is 0 Å². The minimum absolute atomic E-state index is 0.0483. The number of hydrogen-bond donors (Lipinski definition) is 3. The number of carbonyl (C=O) groups excluding carboxylic acids is 2. The van der Waals surface area contributed by atoms with E-state index < -0.39 is 12.1 Å². The number of allylic oxidation sites excluding steroid dienone is 4. The third-order valence-electron chi connectivity index (χ3n) is 8.97. The fourth-order valence-corrected chi connectivity index (χ4v) is 5.80. The maximum Gasteiger partial charge on any atom is 0.305 e. The second-order valence-electron chi connectivity index (χ2n) is 13.6. The van der Waals surface area contributed by atoms with E-state index in [0.717, 1.165) is 70.6 Å². The third-order valence-corrected chi connectivity index (χ3v) is 8.97. The summed E-state index contributed by atoms with van der Waals surface area (Å²) in [5, 5.41) is 22.9. The lowest BCUT2D eigenvalue weighted by atomic mass is 10.0. The second kappa shape index (κ2) is 37.2. The zero-order chi connectivity index (χ0) is 34.5. The van der Waals surface area contributed by atoms with Gasteiger partial charge < -0.3 is 20.3 Å². The standard InChI is InChI=1S/C41H77NO5/c1-3-5-7-9-11-13-15-19-23-27-31-35-41(46)47-36-32-28-24-20-16-18-22-26-30-34-40(45)42-38(37-43)39(44)33-29-25-21-17-14-12-10-8-6-4-2/h9,11,18,22,38-39,43-44H,3-8,10,12-17,19-21,23-37H2,1-2H3,(H,42,45)/b11-9-,22-18-. The van der Waals surface area contributed by atoms with E-state index in [4.69, 9.17) is 4.74 Å². The first-order valence-corrected chi connectivity index (χ1v) is 20.1. The summed E-state index contributed by atoms with van der Waals surface area (Å²) in [7, 11) is 0. The molecule has 0 aromatic rings. The minimum Gasteiger partial charge on any atom is -0.466 e. The molecule has 0 radical (unpaired) electrons. The number of aliphatic hydroxyl groups is 2. The summed E-state index contributed by atoms with van der Waals surface area (Å²) in [6, 6.07) is -0.576. The van der Waals surface area contributed by atoms with Crippen molar-refractivity contribution in [1.82, 2.24) is 5.32 Å². The Bertz CT molecular complexity index is 737. The maximum absolute atomic E-state index is 12.3. The number of carbonyl (C=O) groups is 2. The van der Waals surface area contributed by atoms with Gasteiger partial charge in [-0.25, -0.2) is 0 Å². The average Bonchev–Trinajstić information content (AvgIpc) is 3.07. The summed E-state index contributed by atoms with van der Waals surface area (Å²) < 4.78 is 5.39. The Balaban J connectivity index is 3.59. The summed E-state index contributed by atoms with van der Waals surface area (Å²) >= 11 is 0. The Morgan fingerprint density at radius 1 is 0.574 bits per heavy atom. The van der Waals surface area contributed by atoms with Crippen LogP contribution in [0, 0.1) is 0 Å². The van der Waals surface area contributed by atoms with Gasteiger partial charge in [-0.15, -0.1) is 0 Å². The Hall–Kier alpha value is -1.66. The third kappa shape index (κ3) is 34.0. The molecule has 6 heteroatoms. The molecule has 0 fully saturated rings. The van der Waals surface area contributed by atoms with E-state index in [1.807, 2.05) is 0 Å². The topological polar surface area (TPSA) is 95.9 Å². The second-order valence-corrected chi connectivity index (χ2v) is 13.6. The van der Waals surface area contributed by atoms with Crippen LogP contribution in [0.4, 0.5) is 0 Å². The molecule has 6 nitrogen and oxygen atoms in total. The van der Waals surface area contributed by atoms with Gasteiger partial charge in [0, 0.05) is 12.8 Å². The number of rotatable bonds is 36. The van der Waals surface area contributed by atoms with Crippen molar-refractivity contribution in [3.63, 3.8) is 0 Å². The Labute approximate surface area is 291 Å². The first kappa shape index (κ1) is 45.3. The van der Waals surface area contributed by atoms with Gasteiger partial charge in [0.05, 0.1) is 25.4 Å². The molecule has 0 rings (SSSR count). The smallest absolute Gasteiger partial charge is 0.305 e. The predicted molar refractivity (Wildman–Crippen MR) is 200 cm³/mol. The lowest BCUT2D eigenvalue weighted by Gasteiger charge is -2.22. The fraction of sp³-hybridized carbons (Fsp3) is 0.854. The first-order valence-electron chi connectivity index (χ1n) is 20.1. The van der Waals surface area contributed by atoms with Crippen molar-refractivity contribution in [2.75, 3.05) is 13.2 Å². The lowest BCUT2D eigenvalue weighted by molar-refractivity contribution is -0.143. The van der Waals surface area contributed by atoms with Crippen LogP contribution in [0.1, 0.15) is 200 Å². The highest BCUT2D eigenvalue weighted by Crippen LogP contribution is 2.14. The molecule has 2 atom stereocenters. The number of ether oxygens (including phenoxy) is 1. The molecule has 0 heterocycles. The number of aliphatic hydroxyl groups excluding tert-OH is 2. The van der Waals surface area contributed by atoms with Crippen molar-refractivity contribution in [2.24, 2.45) is 0 Å². The van der Waals surface area contributed by atoms with Crippen LogP contribution >= 0.6 is 0 Å². The molecule has 0 bridgehead atoms. The molecular formula is C41H77NO5. The molecule has 276 valence electrons. The van der Waals surface area contributed by atoms with Crippen LogP contribution in [-0.4, -0.2) is 47.4 Å². The fourth-order valence-electron chi connectivity index (χ4n) is 5.80. The zero-order valence-corrected chi connectivity index (χ0v) is 31.0. The molecule has 3 N–H and O–H groups in total. The molecule has 0 aromatic carbocycles. The van der Waals surface area contributed by atoms with Gasteiger partial charge in [-0.2, -0.15) is 0 Å². The van der Waals surface area contributed by atoms with Crippen molar-refractivity contribution in [3.05, 3.63) is 24.3 Å². The van der Waals surface area contributed by atoms with E-state index in [0.29, 0.717) is 25.9 Å². The summed E-state index contributed by atoms with van der Waals surface area (Å²) in [6.45, 7) is 4.78. The van der Waals surface area contributed by atoms with Gasteiger partial charge in [0.25, 0.3) is 0 Å². The van der Waals surface area contributed by atoms with Gasteiger partial charge in [-0.1, -0.05) is 147 Å². The van der Waals surface area contributed by atoms with Crippen LogP contribution < -0.4 is 5.32 Å². The van der Waals surface area contributed by atoms with Crippen LogP contribution in [0.25, 0.3) is 0 Å². The molecule has 1 amide bonds. The molecule has 0 aliphatic heterocycles. The first-order chi connectivity index (χ1) is 23.0. The minimum atomic E-state index is -0.692. The molecule has 0 aliphatic carbocycles. The Morgan fingerprint density at radius 3 is 1.62 bits per heavy atom. The summed E-state index contributed by atoms with van der Waals surface area (Å²) in [5.41, 5.74) is 0. The Morgan fingerprint density at radius 2 is 1.04 bits per heavy atom. The highest BCUT2D eigenvalue weighted by atomic mass is 16.5. The van der Waals surface area contributed by atoms with E-state index in [2.05, 4.69) is 43.5 Å². The van der Waals surface area contributed by atoms with Crippen molar-refractivity contribution < 1.29 is 24.5 Å². The van der Waals surface area contributed by atoms with E-state index in [1.54, 1.807) is 0 Å². The molecule has 0 spiro atoms. The van der Waals surface area contributed by atoms with Gasteiger partial charge >= 0.3 is 5.97 Å². The van der Waals surface area contributed by atoms with E-state index >= 15 is 0 Å². The van der Waals surface area contributed by atoms with E-state index in [9.17, 15) is 19.8 Å². The highest BCUT2D eigenvalue weighted by Gasteiger charge is 2.19. The quantitative estimate of drug-likeness (QED) is 0.0352. The van der Waals surface area contributed by atoms with E-state index in [-0.39, 0.29) is 18.5 Å². The van der Waals surface area contributed by atoms with Gasteiger partial charge in [-0.05, 0) is 64.2 Å². The van der Waals surface area contributed by atoms with Crippen LogP contribution in [0.15, 0.2) is 24.3 Å². The van der Waals surface area contributed by atoms with Gasteiger partial charge in [0.1, 0.15) is 0 Å². The number of amides is 1. The molecule has 0 saturated heterocycles. The predicted octanol–water partition coefficient (Wildman–Crippen LogP) is 10.8. The average molecular weight is 664 g/mol. The highest BCUT2D eigenvalue weighted by molar-refractivity contribution is 5.76. The molecule has 2 unspecified atom stereocenters. The lowest BCUT2D eigenvalue weighted by Crippen LogP contribution is -2.45. The number of esters is 1. The van der Waals surface area contributed by atoms with Crippen molar-refractivity contribution >= 4 is 11.9 Å². The Kier molecular flexibility index (Phi) is 35.9. The number of nitrogens with one attached hydrogen (secondary N) is 1. The van der Waals surface area contributed by atoms with Crippen LogP contribution in [0.2, 0.25) is 0 Å². The molecule has 0 aliphatic rings. The maximum atomic E-state index is 12.3. The van der Waals surface area contributed by atoms with Gasteiger partial charge in [0.15, 0.2) is 0 Å². The molecule has 47 heavy (non-hydrogen) atoms. The summed E-state index contributed by atoms with van der Waals surface area (Å²) in [5.74, 6) is -0.148.